The number of nitrogens with one attached hydrogen (secondary N) is 1. The van der Waals surface area contributed by atoms with Gasteiger partial charge in [-0.15, -0.1) is 0 Å². The van der Waals surface area contributed by atoms with E-state index in [0.29, 0.717) is 23.6 Å². The van der Waals surface area contributed by atoms with Crippen molar-refractivity contribution in [2.75, 3.05) is 11.9 Å². The summed E-state index contributed by atoms with van der Waals surface area (Å²) in [6.45, 7) is 2.61. The first kappa shape index (κ1) is 23.1. The molecule has 0 unspecified atom stereocenters. The summed E-state index contributed by atoms with van der Waals surface area (Å²) in [5, 5.41) is 21.7. The fourth-order valence-electron chi connectivity index (χ4n) is 2.98. The Balaban J connectivity index is 1.76. The van der Waals surface area contributed by atoms with Crippen LogP contribution in [0.1, 0.15) is 28.4 Å². The second-order valence-electron chi connectivity index (χ2n) is 6.92. The maximum atomic E-state index is 12.5. The number of carbonyl (C=O) groups excluding carboxylic acids is 1. The molecule has 0 bridgehead atoms. The molecule has 7 heteroatoms. The van der Waals surface area contributed by atoms with Crippen molar-refractivity contribution in [3.63, 3.8) is 0 Å². The standard InChI is InChI=1S/C26H22N2O5/c1-2-32-22-11-9-21(10-12-22)28-25(29)20(16-27)14-19-8-13-24(23(15-19)26(30)31)33-17-18-6-4-3-5-7-18/h3-15H,2,17H2,1H3,(H,28,29)(H,30,31)/b20-14-. The summed E-state index contributed by atoms with van der Waals surface area (Å²) in [5.74, 6) is -0.920. The number of benzene rings is 3. The summed E-state index contributed by atoms with van der Waals surface area (Å²) in [4.78, 5) is 24.3. The second-order valence-corrected chi connectivity index (χ2v) is 6.92. The van der Waals surface area contributed by atoms with E-state index in [9.17, 15) is 20.0 Å². The zero-order chi connectivity index (χ0) is 23.6. The predicted octanol–water partition coefficient (Wildman–Crippen LogP) is 4.91. The predicted molar refractivity (Wildman–Crippen MR) is 124 cm³/mol. The van der Waals surface area contributed by atoms with Crippen molar-refractivity contribution in [1.29, 1.82) is 5.26 Å². The number of aromatic carboxylic acids is 1. The molecule has 0 aliphatic carbocycles. The monoisotopic (exact) mass is 442 g/mol. The Hall–Kier alpha value is -4.57. The van der Waals surface area contributed by atoms with Crippen LogP contribution in [0.5, 0.6) is 11.5 Å². The van der Waals surface area contributed by atoms with Gasteiger partial charge >= 0.3 is 5.97 Å². The number of hydrogen-bond acceptors (Lipinski definition) is 5. The third-order valence-electron chi connectivity index (χ3n) is 4.57. The highest BCUT2D eigenvalue weighted by atomic mass is 16.5. The minimum absolute atomic E-state index is 0.0658. The number of anilines is 1. The lowest BCUT2D eigenvalue weighted by molar-refractivity contribution is -0.112. The van der Waals surface area contributed by atoms with Crippen LogP contribution in [0.4, 0.5) is 5.69 Å². The van der Waals surface area contributed by atoms with Crippen LogP contribution in [-0.2, 0) is 11.4 Å². The molecule has 3 aromatic carbocycles. The summed E-state index contributed by atoms with van der Waals surface area (Å²) < 4.78 is 11.0. The van der Waals surface area contributed by atoms with Crippen LogP contribution < -0.4 is 14.8 Å². The molecule has 0 atom stereocenters. The van der Waals surface area contributed by atoms with E-state index in [0.717, 1.165) is 5.56 Å². The third-order valence-corrected chi connectivity index (χ3v) is 4.57. The average Bonchev–Trinajstić information content (AvgIpc) is 2.83. The molecule has 0 spiro atoms. The van der Waals surface area contributed by atoms with E-state index in [1.54, 1.807) is 30.3 Å². The van der Waals surface area contributed by atoms with Crippen LogP contribution in [0.25, 0.3) is 6.08 Å². The number of ether oxygens (including phenoxy) is 2. The molecule has 0 saturated heterocycles. The molecule has 0 radical (unpaired) electrons. The Kier molecular flexibility index (Phi) is 7.81. The summed E-state index contributed by atoms with van der Waals surface area (Å²) in [6, 6.07) is 22.4. The van der Waals surface area contributed by atoms with Gasteiger partial charge in [0.2, 0.25) is 0 Å². The van der Waals surface area contributed by atoms with E-state index in [-0.39, 0.29) is 23.5 Å². The quantitative estimate of drug-likeness (QED) is 0.360. The molecule has 166 valence electrons. The van der Waals surface area contributed by atoms with Crippen LogP contribution in [0, 0.1) is 11.3 Å². The third kappa shape index (κ3) is 6.45. The highest BCUT2D eigenvalue weighted by Gasteiger charge is 2.14. The van der Waals surface area contributed by atoms with Crippen molar-refractivity contribution >= 4 is 23.6 Å². The largest absolute Gasteiger partial charge is 0.494 e. The zero-order valence-corrected chi connectivity index (χ0v) is 17.9. The molecule has 0 heterocycles. The summed E-state index contributed by atoms with van der Waals surface area (Å²) in [7, 11) is 0. The summed E-state index contributed by atoms with van der Waals surface area (Å²) in [6.07, 6.45) is 1.33. The molecule has 0 aliphatic rings. The fourth-order valence-corrected chi connectivity index (χ4v) is 2.98. The lowest BCUT2D eigenvalue weighted by atomic mass is 10.1. The van der Waals surface area contributed by atoms with Crippen molar-refractivity contribution in [3.05, 3.63) is 95.1 Å². The molecule has 0 aromatic heterocycles. The van der Waals surface area contributed by atoms with Gasteiger partial charge in [-0.2, -0.15) is 5.26 Å². The molecule has 3 aromatic rings. The zero-order valence-electron chi connectivity index (χ0n) is 17.9. The molecular formula is C26H22N2O5. The van der Waals surface area contributed by atoms with Gasteiger partial charge in [0.25, 0.3) is 5.91 Å². The number of carboxylic acids is 1. The smallest absolute Gasteiger partial charge is 0.339 e. The maximum absolute atomic E-state index is 12.5. The van der Waals surface area contributed by atoms with Crippen LogP contribution in [0.15, 0.2) is 78.4 Å². The van der Waals surface area contributed by atoms with Gasteiger partial charge in [-0.1, -0.05) is 36.4 Å². The minimum atomic E-state index is -1.18. The van der Waals surface area contributed by atoms with E-state index in [4.69, 9.17) is 9.47 Å². The summed E-state index contributed by atoms with van der Waals surface area (Å²) in [5.41, 5.74) is 1.55. The van der Waals surface area contributed by atoms with E-state index in [1.165, 1.54) is 18.2 Å². The van der Waals surface area contributed by atoms with Crippen LogP contribution in [0.3, 0.4) is 0 Å². The molecule has 0 saturated carbocycles. The van der Waals surface area contributed by atoms with E-state index < -0.39 is 11.9 Å². The van der Waals surface area contributed by atoms with Gasteiger partial charge < -0.3 is 19.9 Å². The Morgan fingerprint density at radius 1 is 1.03 bits per heavy atom. The van der Waals surface area contributed by atoms with Crippen molar-refractivity contribution in [3.8, 4) is 17.6 Å². The van der Waals surface area contributed by atoms with Crippen LogP contribution >= 0.6 is 0 Å². The van der Waals surface area contributed by atoms with Crippen molar-refractivity contribution in [2.24, 2.45) is 0 Å². The molecular weight excluding hydrogens is 420 g/mol. The molecule has 2 N–H and O–H groups in total. The van der Waals surface area contributed by atoms with E-state index in [1.807, 2.05) is 43.3 Å². The molecule has 0 fully saturated rings. The van der Waals surface area contributed by atoms with Gasteiger partial charge in [0, 0.05) is 5.69 Å². The SMILES string of the molecule is CCOc1ccc(NC(=O)/C(C#N)=C\c2ccc(OCc3ccccc3)c(C(=O)O)c2)cc1. The van der Waals surface area contributed by atoms with Gasteiger partial charge in [-0.3, -0.25) is 4.79 Å². The number of carbonyl (C=O) groups is 2. The number of carboxylic acid groups (broad SMARTS) is 1. The Morgan fingerprint density at radius 2 is 1.76 bits per heavy atom. The topological polar surface area (TPSA) is 109 Å². The highest BCUT2D eigenvalue weighted by molar-refractivity contribution is 6.09. The molecule has 0 aliphatic heterocycles. The van der Waals surface area contributed by atoms with E-state index >= 15 is 0 Å². The average molecular weight is 442 g/mol. The number of amides is 1. The Bertz CT molecular complexity index is 1200. The first-order valence-corrected chi connectivity index (χ1v) is 10.2. The van der Waals surface area contributed by atoms with Gasteiger partial charge in [-0.05, 0) is 60.5 Å². The van der Waals surface area contributed by atoms with Gasteiger partial charge in [0.05, 0.1) is 6.61 Å². The number of nitriles is 1. The number of hydrogen-bond donors (Lipinski definition) is 2. The van der Waals surface area contributed by atoms with Crippen molar-refractivity contribution in [2.45, 2.75) is 13.5 Å². The highest BCUT2D eigenvalue weighted by Crippen LogP contribution is 2.23. The normalized spacial score (nSPS) is 10.7. The first-order chi connectivity index (χ1) is 16.0. The number of rotatable bonds is 9. The molecule has 3 rings (SSSR count). The molecule has 1 amide bonds. The Morgan fingerprint density at radius 3 is 2.39 bits per heavy atom. The first-order valence-electron chi connectivity index (χ1n) is 10.2. The number of nitrogens with zero attached hydrogens (tertiary/aromatic N) is 1. The van der Waals surface area contributed by atoms with Gasteiger partial charge in [0.1, 0.15) is 35.3 Å². The van der Waals surface area contributed by atoms with Crippen molar-refractivity contribution < 1.29 is 24.2 Å². The van der Waals surface area contributed by atoms with Crippen LogP contribution in [-0.4, -0.2) is 23.6 Å². The maximum Gasteiger partial charge on any atom is 0.339 e. The van der Waals surface area contributed by atoms with E-state index in [2.05, 4.69) is 5.32 Å². The second kappa shape index (κ2) is 11.2. The van der Waals surface area contributed by atoms with Gasteiger partial charge in [0.15, 0.2) is 0 Å². The Labute approximate surface area is 191 Å². The summed E-state index contributed by atoms with van der Waals surface area (Å²) >= 11 is 0. The molecule has 33 heavy (non-hydrogen) atoms. The lowest BCUT2D eigenvalue weighted by Gasteiger charge is -2.10. The fraction of sp³-hybridized carbons (Fsp3) is 0.115. The lowest BCUT2D eigenvalue weighted by Crippen LogP contribution is -2.13. The van der Waals surface area contributed by atoms with Crippen LogP contribution in [0.2, 0.25) is 0 Å². The van der Waals surface area contributed by atoms with Gasteiger partial charge in [-0.25, -0.2) is 4.79 Å². The minimum Gasteiger partial charge on any atom is -0.494 e. The molecule has 7 nitrogen and oxygen atoms in total. The van der Waals surface area contributed by atoms with Crippen molar-refractivity contribution in [1.82, 2.24) is 0 Å².